The fourth-order valence-corrected chi connectivity index (χ4v) is 1.56. The van der Waals surface area contributed by atoms with Crippen molar-refractivity contribution >= 4 is 11.6 Å². The summed E-state index contributed by atoms with van der Waals surface area (Å²) < 4.78 is 15.8. The van der Waals surface area contributed by atoms with Crippen molar-refractivity contribution in [2.24, 2.45) is 5.41 Å². The molecule has 1 N–H and O–H groups in total. The molecular formula is C17H27NO4. The lowest BCUT2D eigenvalue weighted by Crippen LogP contribution is -2.29. The molecule has 0 fully saturated rings. The van der Waals surface area contributed by atoms with Crippen LogP contribution in [0, 0.1) is 5.41 Å². The number of methoxy groups -OCH3 is 1. The summed E-state index contributed by atoms with van der Waals surface area (Å²) in [5, 5.41) is 2.92. The summed E-state index contributed by atoms with van der Waals surface area (Å²) in [5.74, 6) is 0.776. The quantitative estimate of drug-likeness (QED) is 0.675. The molecule has 124 valence electrons. The van der Waals surface area contributed by atoms with Crippen molar-refractivity contribution < 1.29 is 19.0 Å². The van der Waals surface area contributed by atoms with Crippen LogP contribution in [0.25, 0.3) is 0 Å². The summed E-state index contributed by atoms with van der Waals surface area (Å²) in [6, 6.07) is 7.35. The molecule has 0 spiro atoms. The van der Waals surface area contributed by atoms with Gasteiger partial charge in [0.1, 0.15) is 12.4 Å². The maximum atomic E-state index is 12.1. The van der Waals surface area contributed by atoms with Crippen LogP contribution in [-0.4, -0.2) is 39.4 Å². The van der Waals surface area contributed by atoms with Crippen LogP contribution in [0.4, 0.5) is 5.69 Å². The fourth-order valence-electron chi connectivity index (χ4n) is 1.56. The fraction of sp³-hybridized carbons (Fsp3) is 0.588. The number of rotatable bonds is 10. The standard InChI is InChI=1S/C17H27NO4/c1-5-17(2,3)16(19)18-14-6-8-15(9-7-14)22-13-12-21-11-10-20-4/h6-9H,5,10-13H2,1-4H3,(H,18,19). The van der Waals surface area contributed by atoms with Gasteiger partial charge in [-0.1, -0.05) is 20.8 Å². The Balaban J connectivity index is 2.35. The Hall–Kier alpha value is -1.59. The zero-order valence-corrected chi connectivity index (χ0v) is 14.0. The van der Waals surface area contributed by atoms with E-state index in [-0.39, 0.29) is 11.3 Å². The average Bonchev–Trinajstić information content (AvgIpc) is 2.52. The van der Waals surface area contributed by atoms with Gasteiger partial charge in [0.05, 0.1) is 19.8 Å². The number of ether oxygens (including phenoxy) is 3. The molecule has 0 heterocycles. The highest BCUT2D eigenvalue weighted by Gasteiger charge is 2.25. The molecule has 0 aromatic heterocycles. The first kappa shape index (κ1) is 18.5. The molecule has 5 nitrogen and oxygen atoms in total. The van der Waals surface area contributed by atoms with E-state index in [4.69, 9.17) is 14.2 Å². The number of hydrogen-bond donors (Lipinski definition) is 1. The van der Waals surface area contributed by atoms with Gasteiger partial charge in [-0.15, -0.1) is 0 Å². The minimum Gasteiger partial charge on any atom is -0.491 e. The summed E-state index contributed by atoms with van der Waals surface area (Å²) in [7, 11) is 1.64. The van der Waals surface area contributed by atoms with E-state index in [2.05, 4.69) is 5.32 Å². The largest absolute Gasteiger partial charge is 0.491 e. The maximum absolute atomic E-state index is 12.1. The molecule has 1 aromatic rings. The van der Waals surface area contributed by atoms with Crippen LogP contribution in [0.2, 0.25) is 0 Å². The number of carbonyl (C=O) groups is 1. The third-order valence-electron chi connectivity index (χ3n) is 3.54. The Bertz CT molecular complexity index is 442. The van der Waals surface area contributed by atoms with Crippen molar-refractivity contribution in [3.05, 3.63) is 24.3 Å². The molecular weight excluding hydrogens is 282 g/mol. The monoisotopic (exact) mass is 309 g/mol. The van der Waals surface area contributed by atoms with Gasteiger partial charge in [0.25, 0.3) is 0 Å². The Morgan fingerprint density at radius 3 is 2.32 bits per heavy atom. The van der Waals surface area contributed by atoms with Gasteiger partial charge in [0.15, 0.2) is 0 Å². The summed E-state index contributed by atoms with van der Waals surface area (Å²) in [6.07, 6.45) is 0.795. The Labute approximate surface area is 132 Å². The highest BCUT2D eigenvalue weighted by molar-refractivity contribution is 5.94. The number of amides is 1. The molecule has 0 radical (unpaired) electrons. The van der Waals surface area contributed by atoms with Gasteiger partial charge in [-0.2, -0.15) is 0 Å². The third kappa shape index (κ3) is 6.45. The summed E-state index contributed by atoms with van der Waals surface area (Å²) in [4.78, 5) is 12.1. The molecule has 0 bridgehead atoms. The highest BCUT2D eigenvalue weighted by Crippen LogP contribution is 2.23. The predicted molar refractivity (Wildman–Crippen MR) is 87.3 cm³/mol. The average molecular weight is 309 g/mol. The van der Waals surface area contributed by atoms with Gasteiger partial charge in [-0.05, 0) is 30.7 Å². The highest BCUT2D eigenvalue weighted by atomic mass is 16.5. The lowest BCUT2D eigenvalue weighted by molar-refractivity contribution is -0.124. The summed E-state index contributed by atoms with van der Waals surface area (Å²) >= 11 is 0. The van der Waals surface area contributed by atoms with Gasteiger partial charge in [0.2, 0.25) is 5.91 Å². The van der Waals surface area contributed by atoms with Gasteiger partial charge in [-0.3, -0.25) is 4.79 Å². The van der Waals surface area contributed by atoms with E-state index >= 15 is 0 Å². The third-order valence-corrected chi connectivity index (χ3v) is 3.54. The van der Waals surface area contributed by atoms with Crippen molar-refractivity contribution in [3.8, 4) is 5.75 Å². The minimum atomic E-state index is -0.366. The lowest BCUT2D eigenvalue weighted by atomic mass is 9.89. The molecule has 1 rings (SSSR count). The van der Waals surface area contributed by atoms with Crippen molar-refractivity contribution in [1.29, 1.82) is 0 Å². The first-order valence-electron chi connectivity index (χ1n) is 7.60. The minimum absolute atomic E-state index is 0.0233. The molecule has 0 aliphatic rings. The topological polar surface area (TPSA) is 56.8 Å². The van der Waals surface area contributed by atoms with Gasteiger partial charge < -0.3 is 19.5 Å². The van der Waals surface area contributed by atoms with Crippen LogP contribution in [0.3, 0.4) is 0 Å². The Kier molecular flexibility index (Phi) is 7.91. The van der Waals surface area contributed by atoms with Gasteiger partial charge >= 0.3 is 0 Å². The number of anilines is 1. The molecule has 1 aromatic carbocycles. The summed E-state index contributed by atoms with van der Waals surface area (Å²) in [5.41, 5.74) is 0.407. The van der Waals surface area contributed by atoms with Crippen LogP contribution < -0.4 is 10.1 Å². The smallest absolute Gasteiger partial charge is 0.230 e. The van der Waals surface area contributed by atoms with Crippen LogP contribution in [-0.2, 0) is 14.3 Å². The second-order valence-electron chi connectivity index (χ2n) is 5.67. The SMILES string of the molecule is CCC(C)(C)C(=O)Nc1ccc(OCCOCCOC)cc1. The summed E-state index contributed by atoms with van der Waals surface area (Å²) in [6.45, 7) is 8.03. The molecule has 0 atom stereocenters. The number of hydrogen-bond acceptors (Lipinski definition) is 4. The lowest BCUT2D eigenvalue weighted by Gasteiger charge is -2.21. The molecule has 0 saturated heterocycles. The van der Waals surface area contributed by atoms with E-state index in [9.17, 15) is 4.79 Å². The van der Waals surface area contributed by atoms with E-state index in [0.717, 1.165) is 17.9 Å². The van der Waals surface area contributed by atoms with Gasteiger partial charge in [0, 0.05) is 18.2 Å². The van der Waals surface area contributed by atoms with E-state index in [1.807, 2.05) is 45.0 Å². The van der Waals surface area contributed by atoms with E-state index in [1.54, 1.807) is 7.11 Å². The maximum Gasteiger partial charge on any atom is 0.230 e. The first-order valence-corrected chi connectivity index (χ1v) is 7.60. The second kappa shape index (κ2) is 9.43. The molecule has 1 amide bonds. The molecule has 5 heteroatoms. The van der Waals surface area contributed by atoms with Crippen LogP contribution in [0.1, 0.15) is 27.2 Å². The molecule has 22 heavy (non-hydrogen) atoms. The Morgan fingerprint density at radius 1 is 1.09 bits per heavy atom. The van der Waals surface area contributed by atoms with Crippen LogP contribution >= 0.6 is 0 Å². The zero-order chi connectivity index (χ0) is 16.4. The normalized spacial score (nSPS) is 11.3. The van der Waals surface area contributed by atoms with Crippen molar-refractivity contribution in [1.82, 2.24) is 0 Å². The number of carbonyl (C=O) groups excluding carboxylic acids is 1. The second-order valence-corrected chi connectivity index (χ2v) is 5.67. The molecule has 0 aliphatic heterocycles. The first-order chi connectivity index (χ1) is 10.5. The van der Waals surface area contributed by atoms with Crippen molar-refractivity contribution in [2.45, 2.75) is 27.2 Å². The molecule has 0 aliphatic carbocycles. The van der Waals surface area contributed by atoms with E-state index in [0.29, 0.717) is 26.4 Å². The van der Waals surface area contributed by atoms with E-state index in [1.165, 1.54) is 0 Å². The van der Waals surface area contributed by atoms with Crippen LogP contribution in [0.15, 0.2) is 24.3 Å². The number of benzene rings is 1. The zero-order valence-electron chi connectivity index (χ0n) is 14.0. The number of nitrogens with one attached hydrogen (secondary N) is 1. The van der Waals surface area contributed by atoms with E-state index < -0.39 is 0 Å². The predicted octanol–water partition coefficient (Wildman–Crippen LogP) is 3.10. The van der Waals surface area contributed by atoms with Crippen molar-refractivity contribution in [2.75, 3.05) is 38.9 Å². The van der Waals surface area contributed by atoms with Crippen molar-refractivity contribution in [3.63, 3.8) is 0 Å². The van der Waals surface area contributed by atoms with Gasteiger partial charge in [-0.25, -0.2) is 0 Å². The Morgan fingerprint density at radius 2 is 1.73 bits per heavy atom. The van der Waals surface area contributed by atoms with Crippen LogP contribution in [0.5, 0.6) is 5.75 Å². The molecule has 0 unspecified atom stereocenters. The molecule has 0 saturated carbocycles.